The van der Waals surface area contributed by atoms with Gasteiger partial charge in [0.25, 0.3) is 0 Å². The Hall–Kier alpha value is -3.27. The Balaban J connectivity index is 1.68. The number of hydrogen-bond donors (Lipinski definition) is 1. The number of hydrogen-bond acceptors (Lipinski definition) is 7. The molecular formula is C17H14FN3O5S. The van der Waals surface area contributed by atoms with Crippen LogP contribution in [0, 0.1) is 5.82 Å². The van der Waals surface area contributed by atoms with E-state index >= 15 is 0 Å². The van der Waals surface area contributed by atoms with Crippen LogP contribution in [0.2, 0.25) is 0 Å². The van der Waals surface area contributed by atoms with Gasteiger partial charge in [0.15, 0.2) is 9.84 Å². The van der Waals surface area contributed by atoms with Crippen molar-refractivity contribution >= 4 is 21.8 Å². The number of amides is 1. The summed E-state index contributed by atoms with van der Waals surface area (Å²) >= 11 is 0. The Morgan fingerprint density at radius 3 is 2.59 bits per heavy atom. The minimum atomic E-state index is -3.86. The third-order valence-corrected chi connectivity index (χ3v) is 5.12. The number of methoxy groups -OCH3 is 1. The van der Waals surface area contributed by atoms with Gasteiger partial charge in [-0.2, -0.15) is 0 Å². The smallest absolute Gasteiger partial charge is 0.322 e. The molecule has 0 saturated heterocycles. The first-order chi connectivity index (χ1) is 12.9. The van der Waals surface area contributed by atoms with Crippen LogP contribution in [0.15, 0.2) is 57.8 Å². The number of carbonyl (C=O) groups is 1. The van der Waals surface area contributed by atoms with Crippen molar-refractivity contribution in [3.63, 3.8) is 0 Å². The number of nitrogens with one attached hydrogen (secondary N) is 1. The zero-order chi connectivity index (χ0) is 19.4. The normalized spacial score (nSPS) is 11.2. The lowest BCUT2D eigenvalue weighted by molar-refractivity contribution is -0.114. The van der Waals surface area contributed by atoms with Gasteiger partial charge in [0.05, 0.1) is 12.0 Å². The first-order valence-electron chi connectivity index (χ1n) is 7.63. The summed E-state index contributed by atoms with van der Waals surface area (Å²) in [5, 5.41) is 9.52. The van der Waals surface area contributed by atoms with Crippen molar-refractivity contribution in [3.8, 4) is 17.2 Å². The molecule has 3 rings (SSSR count). The monoisotopic (exact) mass is 391 g/mol. The lowest BCUT2D eigenvalue weighted by atomic mass is 10.2. The first kappa shape index (κ1) is 18.5. The number of halogens is 1. The van der Waals surface area contributed by atoms with E-state index in [1.54, 1.807) is 6.07 Å². The molecule has 0 bridgehead atoms. The van der Waals surface area contributed by atoms with E-state index in [1.807, 2.05) is 0 Å². The molecule has 0 spiro atoms. The van der Waals surface area contributed by atoms with E-state index in [0.29, 0.717) is 11.3 Å². The van der Waals surface area contributed by atoms with Gasteiger partial charge in [0.1, 0.15) is 17.3 Å². The Kier molecular flexibility index (Phi) is 5.17. The standard InChI is InChI=1S/C17H14FN3O5S/c1-25-13-5-7-14(8-6-13)27(23,24)10-15(22)19-17-21-20-16(26-17)11-3-2-4-12(18)9-11/h2-9H,10H2,1H3,(H,19,21,22). The summed E-state index contributed by atoms with van der Waals surface area (Å²) in [5.74, 6) is -1.66. The maximum absolute atomic E-state index is 13.2. The number of rotatable bonds is 6. The highest BCUT2D eigenvalue weighted by Gasteiger charge is 2.21. The SMILES string of the molecule is COc1ccc(S(=O)(=O)CC(=O)Nc2nnc(-c3cccc(F)c3)o2)cc1. The molecule has 3 aromatic rings. The maximum atomic E-state index is 13.2. The molecule has 0 radical (unpaired) electrons. The molecule has 27 heavy (non-hydrogen) atoms. The highest BCUT2D eigenvalue weighted by atomic mass is 32.2. The van der Waals surface area contributed by atoms with Gasteiger partial charge < -0.3 is 9.15 Å². The van der Waals surface area contributed by atoms with E-state index in [1.165, 1.54) is 49.6 Å². The quantitative estimate of drug-likeness (QED) is 0.686. The van der Waals surface area contributed by atoms with Crippen molar-refractivity contribution in [1.82, 2.24) is 10.2 Å². The number of ether oxygens (including phenoxy) is 1. The molecule has 0 saturated carbocycles. The third-order valence-electron chi connectivity index (χ3n) is 3.48. The molecule has 0 aliphatic heterocycles. The molecule has 1 aromatic heterocycles. The van der Waals surface area contributed by atoms with Crippen molar-refractivity contribution in [2.75, 3.05) is 18.2 Å². The van der Waals surface area contributed by atoms with Gasteiger partial charge in [-0.05, 0) is 42.5 Å². The molecule has 140 valence electrons. The number of nitrogens with zero attached hydrogens (tertiary/aromatic N) is 2. The number of benzene rings is 2. The lowest BCUT2D eigenvalue weighted by Crippen LogP contribution is -2.23. The molecule has 0 unspecified atom stereocenters. The van der Waals surface area contributed by atoms with Gasteiger partial charge in [-0.3, -0.25) is 10.1 Å². The molecule has 0 atom stereocenters. The van der Waals surface area contributed by atoms with Gasteiger partial charge in [-0.15, -0.1) is 5.10 Å². The Bertz CT molecular complexity index is 1060. The Morgan fingerprint density at radius 1 is 1.19 bits per heavy atom. The summed E-state index contributed by atoms with van der Waals surface area (Å²) in [6, 6.07) is 10.8. The van der Waals surface area contributed by atoms with Crippen LogP contribution in [0.1, 0.15) is 0 Å². The summed E-state index contributed by atoms with van der Waals surface area (Å²) in [7, 11) is -2.40. The van der Waals surface area contributed by atoms with Crippen LogP contribution in [0.3, 0.4) is 0 Å². The summed E-state index contributed by atoms with van der Waals surface area (Å²) in [4.78, 5) is 12.0. The minimum Gasteiger partial charge on any atom is -0.497 e. The van der Waals surface area contributed by atoms with E-state index in [4.69, 9.17) is 9.15 Å². The van der Waals surface area contributed by atoms with Crippen LogP contribution in [0.4, 0.5) is 10.4 Å². The predicted octanol–water partition coefficient (Wildman–Crippen LogP) is 2.30. The zero-order valence-corrected chi connectivity index (χ0v) is 14.9. The number of sulfone groups is 1. The van der Waals surface area contributed by atoms with Gasteiger partial charge in [-0.25, -0.2) is 12.8 Å². The van der Waals surface area contributed by atoms with Crippen molar-refractivity contribution in [2.24, 2.45) is 0 Å². The fourth-order valence-electron chi connectivity index (χ4n) is 2.21. The Labute approximate surface area is 153 Å². The van der Waals surface area contributed by atoms with E-state index in [0.717, 1.165) is 0 Å². The Morgan fingerprint density at radius 2 is 1.93 bits per heavy atom. The van der Waals surface area contributed by atoms with Crippen LogP contribution in [0.5, 0.6) is 5.75 Å². The van der Waals surface area contributed by atoms with Crippen LogP contribution in [0.25, 0.3) is 11.5 Å². The minimum absolute atomic E-state index is 0.0113. The molecule has 1 N–H and O–H groups in total. The second-order valence-corrected chi connectivity index (χ2v) is 7.40. The van der Waals surface area contributed by atoms with Crippen LogP contribution in [-0.4, -0.2) is 37.4 Å². The van der Waals surface area contributed by atoms with Crippen LogP contribution >= 0.6 is 0 Å². The van der Waals surface area contributed by atoms with Crippen molar-refractivity contribution in [3.05, 3.63) is 54.3 Å². The van der Waals surface area contributed by atoms with E-state index in [2.05, 4.69) is 15.5 Å². The van der Waals surface area contributed by atoms with E-state index < -0.39 is 27.3 Å². The second kappa shape index (κ2) is 7.54. The van der Waals surface area contributed by atoms with Crippen molar-refractivity contribution in [1.29, 1.82) is 0 Å². The molecule has 10 heteroatoms. The molecule has 0 aliphatic carbocycles. The molecule has 2 aromatic carbocycles. The molecule has 0 fully saturated rings. The average Bonchev–Trinajstić information content (AvgIpc) is 3.09. The van der Waals surface area contributed by atoms with Crippen LogP contribution < -0.4 is 10.1 Å². The fraction of sp³-hybridized carbons (Fsp3) is 0.118. The summed E-state index contributed by atoms with van der Waals surface area (Å²) in [5.41, 5.74) is 0.328. The largest absolute Gasteiger partial charge is 0.497 e. The number of anilines is 1. The second-order valence-electron chi connectivity index (χ2n) is 5.41. The van der Waals surface area contributed by atoms with Crippen molar-refractivity contribution in [2.45, 2.75) is 4.90 Å². The maximum Gasteiger partial charge on any atom is 0.322 e. The third kappa shape index (κ3) is 4.47. The van der Waals surface area contributed by atoms with Gasteiger partial charge in [0.2, 0.25) is 11.8 Å². The molecular weight excluding hydrogens is 377 g/mol. The number of carbonyl (C=O) groups excluding carboxylic acids is 1. The number of aromatic nitrogens is 2. The van der Waals surface area contributed by atoms with E-state index in [9.17, 15) is 17.6 Å². The first-order valence-corrected chi connectivity index (χ1v) is 9.29. The fourth-order valence-corrected chi connectivity index (χ4v) is 3.34. The summed E-state index contributed by atoms with van der Waals surface area (Å²) in [6.45, 7) is 0. The molecule has 1 amide bonds. The highest BCUT2D eigenvalue weighted by molar-refractivity contribution is 7.92. The topological polar surface area (TPSA) is 111 Å². The molecule has 1 heterocycles. The average molecular weight is 391 g/mol. The van der Waals surface area contributed by atoms with Crippen molar-refractivity contribution < 1.29 is 26.8 Å². The highest BCUT2D eigenvalue weighted by Crippen LogP contribution is 2.21. The van der Waals surface area contributed by atoms with Gasteiger partial charge in [0, 0.05) is 5.56 Å². The van der Waals surface area contributed by atoms with Gasteiger partial charge in [-0.1, -0.05) is 11.2 Å². The van der Waals surface area contributed by atoms with Gasteiger partial charge >= 0.3 is 6.01 Å². The van der Waals surface area contributed by atoms with Crippen LogP contribution in [-0.2, 0) is 14.6 Å². The molecule has 8 nitrogen and oxygen atoms in total. The molecule has 0 aliphatic rings. The summed E-state index contributed by atoms with van der Waals surface area (Å²) in [6.07, 6.45) is 0. The summed E-state index contributed by atoms with van der Waals surface area (Å²) < 4.78 is 48.0. The predicted molar refractivity (Wildman–Crippen MR) is 93.4 cm³/mol. The zero-order valence-electron chi connectivity index (χ0n) is 14.0. The van der Waals surface area contributed by atoms with E-state index in [-0.39, 0.29) is 16.8 Å². The lowest BCUT2D eigenvalue weighted by Gasteiger charge is -2.05.